The Kier molecular flexibility index (Phi) is 4.00. The van der Waals surface area contributed by atoms with E-state index < -0.39 is 10.1 Å². The van der Waals surface area contributed by atoms with Crippen LogP contribution in [0, 0.1) is 0 Å². The lowest BCUT2D eigenvalue weighted by Gasteiger charge is -2.05. The van der Waals surface area contributed by atoms with E-state index in [-0.39, 0.29) is 9.00 Å². The van der Waals surface area contributed by atoms with Crippen molar-refractivity contribution in [1.82, 2.24) is 4.10 Å². The first-order chi connectivity index (χ1) is 6.42. The molecule has 4 nitrogen and oxygen atoms in total. The third kappa shape index (κ3) is 3.27. The maximum atomic E-state index is 11.3. The van der Waals surface area contributed by atoms with E-state index in [1.54, 1.807) is 0 Å². The molecule has 1 aromatic carbocycles. The van der Waals surface area contributed by atoms with Crippen LogP contribution in [0.2, 0.25) is 5.02 Å². The van der Waals surface area contributed by atoms with Crippen LogP contribution in [0.3, 0.4) is 0 Å². The minimum atomic E-state index is -3.97. The summed E-state index contributed by atoms with van der Waals surface area (Å²) in [6, 6.07) is 5.36. The smallest absolute Gasteiger partial charge is 0.192 e. The predicted octanol–water partition coefficient (Wildman–Crippen LogP) is 2.57. The summed E-state index contributed by atoms with van der Waals surface area (Å²) in [5, 5.41) is 0.414. The van der Waals surface area contributed by atoms with E-state index in [1.807, 2.05) is 0 Å². The quantitative estimate of drug-likeness (QED) is 0.629. The van der Waals surface area contributed by atoms with Crippen LogP contribution in [-0.2, 0) is 14.4 Å². The zero-order chi connectivity index (χ0) is 10.8. The molecule has 0 aliphatic carbocycles. The summed E-state index contributed by atoms with van der Waals surface area (Å²) in [5.74, 6) is 0. The molecule has 0 atom stereocenters. The molecule has 1 rings (SSSR count). The van der Waals surface area contributed by atoms with Crippen molar-refractivity contribution in [2.75, 3.05) is 0 Å². The monoisotopic (exact) mass is 275 g/mol. The molecule has 0 unspecified atom stereocenters. The topological polar surface area (TPSA) is 46.6 Å². The summed E-state index contributed by atoms with van der Waals surface area (Å²) in [6.07, 6.45) is 0. The third-order valence-electron chi connectivity index (χ3n) is 1.26. The summed E-state index contributed by atoms with van der Waals surface area (Å²) in [5.41, 5.74) is 0. The Morgan fingerprint density at radius 1 is 1.14 bits per heavy atom. The lowest BCUT2D eigenvalue weighted by Crippen LogP contribution is -2.11. The molecule has 0 heterocycles. The Morgan fingerprint density at radius 2 is 1.64 bits per heavy atom. The minimum Gasteiger partial charge on any atom is -0.192 e. The van der Waals surface area contributed by atoms with Crippen LogP contribution in [-0.4, -0.2) is 12.5 Å². The van der Waals surface area contributed by atoms with Gasteiger partial charge >= 0.3 is 10.1 Å². The molecule has 0 amide bonds. The Hall–Kier alpha value is -0.0400. The zero-order valence-electron chi connectivity index (χ0n) is 6.52. The molecule has 1 aromatic rings. The maximum absolute atomic E-state index is 11.3. The van der Waals surface area contributed by atoms with Gasteiger partial charge in [-0.25, -0.2) is 0 Å². The van der Waals surface area contributed by atoms with E-state index in [9.17, 15) is 8.42 Å². The summed E-state index contributed by atoms with van der Waals surface area (Å²) in [4.78, 5) is -0.0896. The van der Waals surface area contributed by atoms with E-state index in [1.165, 1.54) is 24.3 Å². The zero-order valence-corrected chi connectivity index (χ0v) is 9.61. The first kappa shape index (κ1) is 12.0. The molecule has 8 heteroatoms. The van der Waals surface area contributed by atoms with Gasteiger partial charge in [-0.2, -0.15) is 8.42 Å². The highest BCUT2D eigenvalue weighted by Crippen LogP contribution is 2.18. The van der Waals surface area contributed by atoms with Crippen LogP contribution in [0.5, 0.6) is 0 Å². The van der Waals surface area contributed by atoms with E-state index >= 15 is 0 Å². The van der Waals surface area contributed by atoms with Crippen LogP contribution >= 0.6 is 35.2 Å². The van der Waals surface area contributed by atoms with Crippen LogP contribution in [0.4, 0.5) is 0 Å². The molecule has 0 bridgehead atoms. The molecule has 0 saturated heterocycles. The Bertz CT molecular complexity index is 403. The van der Waals surface area contributed by atoms with Crippen molar-refractivity contribution < 1.29 is 12.7 Å². The lowest BCUT2D eigenvalue weighted by atomic mass is 10.4. The van der Waals surface area contributed by atoms with Gasteiger partial charge in [-0.1, -0.05) is 11.6 Å². The van der Waals surface area contributed by atoms with Crippen molar-refractivity contribution in [3.8, 4) is 0 Å². The van der Waals surface area contributed by atoms with Gasteiger partial charge in [0, 0.05) is 32.7 Å². The van der Waals surface area contributed by atoms with Gasteiger partial charge in [0.2, 0.25) is 0 Å². The highest BCUT2D eigenvalue weighted by atomic mass is 35.5. The van der Waals surface area contributed by atoms with Crippen molar-refractivity contribution in [2.45, 2.75) is 4.90 Å². The average molecular weight is 277 g/mol. The first-order valence-corrected chi connectivity index (χ1v) is 5.70. The molecular weight excluding hydrogens is 272 g/mol. The number of hydrogen-bond donors (Lipinski definition) is 0. The largest absolute Gasteiger partial charge is 0.315 e. The first-order valence-electron chi connectivity index (χ1n) is 3.24. The van der Waals surface area contributed by atoms with Crippen LogP contribution < -0.4 is 0 Å². The van der Waals surface area contributed by atoms with Crippen LogP contribution in [0.25, 0.3) is 0 Å². The standard InChI is InChI=1S/C6H4Cl3NO3S/c7-5-1-3-6(4-2-5)14(11,12)13-10(8)9/h1-4H. The second-order valence-electron chi connectivity index (χ2n) is 2.18. The van der Waals surface area contributed by atoms with Gasteiger partial charge in [-0.05, 0) is 24.3 Å². The predicted molar refractivity (Wildman–Crippen MR) is 53.3 cm³/mol. The maximum Gasteiger partial charge on any atom is 0.315 e. The van der Waals surface area contributed by atoms with Gasteiger partial charge in [0.05, 0.1) is 4.90 Å². The molecule has 0 aliphatic heterocycles. The van der Waals surface area contributed by atoms with E-state index in [0.29, 0.717) is 5.02 Å². The van der Waals surface area contributed by atoms with E-state index in [0.717, 1.165) is 0 Å². The van der Waals surface area contributed by atoms with E-state index in [4.69, 9.17) is 35.2 Å². The summed E-state index contributed by atoms with van der Waals surface area (Å²) < 4.78 is 26.8. The van der Waals surface area contributed by atoms with Crippen LogP contribution in [0.1, 0.15) is 0 Å². The summed E-state index contributed by atoms with van der Waals surface area (Å²) in [7, 11) is -3.97. The van der Waals surface area contributed by atoms with Gasteiger partial charge in [0.1, 0.15) is 0 Å². The highest BCUT2D eigenvalue weighted by molar-refractivity contribution is 7.86. The number of nitrogens with zero attached hydrogens (tertiary/aromatic N) is 1. The molecule has 0 fully saturated rings. The third-order valence-corrected chi connectivity index (χ3v) is 3.01. The Balaban J connectivity index is 2.99. The highest BCUT2D eigenvalue weighted by Gasteiger charge is 2.18. The van der Waals surface area contributed by atoms with Gasteiger partial charge in [-0.15, -0.1) is 4.28 Å². The fraction of sp³-hybridized carbons (Fsp3) is 0. The molecule has 0 aliphatic rings. The van der Waals surface area contributed by atoms with Gasteiger partial charge in [0.25, 0.3) is 0 Å². The Labute approximate surface area is 96.2 Å². The molecule has 78 valence electrons. The molecule has 0 aromatic heterocycles. The van der Waals surface area contributed by atoms with Crippen molar-refractivity contribution in [1.29, 1.82) is 0 Å². The van der Waals surface area contributed by atoms with Gasteiger partial charge < -0.3 is 0 Å². The normalized spacial score (nSPS) is 12.0. The SMILES string of the molecule is O=S(=O)(ON(Cl)Cl)c1ccc(Cl)cc1. The second-order valence-corrected chi connectivity index (χ2v) is 4.94. The molecule has 0 saturated carbocycles. The fourth-order valence-corrected chi connectivity index (χ4v) is 1.99. The van der Waals surface area contributed by atoms with E-state index in [2.05, 4.69) is 4.28 Å². The Morgan fingerprint density at radius 3 is 2.07 bits per heavy atom. The molecule has 0 N–H and O–H groups in total. The number of benzene rings is 1. The van der Waals surface area contributed by atoms with Crippen molar-refractivity contribution in [3.05, 3.63) is 29.3 Å². The van der Waals surface area contributed by atoms with Gasteiger partial charge in [0.15, 0.2) is 0 Å². The number of hydrogen-bond acceptors (Lipinski definition) is 4. The van der Waals surface area contributed by atoms with Crippen LogP contribution in [0.15, 0.2) is 29.2 Å². The average Bonchev–Trinajstić information content (AvgIpc) is 2.02. The molecular formula is C6H4Cl3NO3S. The van der Waals surface area contributed by atoms with Crippen molar-refractivity contribution >= 4 is 45.3 Å². The second kappa shape index (κ2) is 4.65. The minimum absolute atomic E-state index is 0.0595. The summed E-state index contributed by atoms with van der Waals surface area (Å²) >= 11 is 15.6. The molecule has 14 heavy (non-hydrogen) atoms. The summed E-state index contributed by atoms with van der Waals surface area (Å²) in [6.45, 7) is 0. The fourth-order valence-electron chi connectivity index (χ4n) is 0.718. The molecule has 0 radical (unpaired) electrons. The number of halogens is 3. The van der Waals surface area contributed by atoms with Crippen molar-refractivity contribution in [2.24, 2.45) is 0 Å². The number of rotatable bonds is 3. The lowest BCUT2D eigenvalue weighted by molar-refractivity contribution is 0.147. The molecule has 0 spiro atoms. The van der Waals surface area contributed by atoms with Gasteiger partial charge in [-0.3, -0.25) is 0 Å². The van der Waals surface area contributed by atoms with Crippen molar-refractivity contribution in [3.63, 3.8) is 0 Å².